The Kier molecular flexibility index (Phi) is 4.43. The lowest BCUT2D eigenvalue weighted by Crippen LogP contribution is -2.40. The van der Waals surface area contributed by atoms with Gasteiger partial charge in [-0.1, -0.05) is 19.1 Å². The van der Waals surface area contributed by atoms with Gasteiger partial charge in [-0.3, -0.25) is 9.59 Å². The summed E-state index contributed by atoms with van der Waals surface area (Å²) < 4.78 is 26.0. The van der Waals surface area contributed by atoms with Crippen LogP contribution in [0.1, 0.15) is 36.5 Å². The van der Waals surface area contributed by atoms with Gasteiger partial charge < -0.3 is 5.11 Å². The van der Waals surface area contributed by atoms with Gasteiger partial charge >= 0.3 is 5.97 Å². The fourth-order valence-corrected chi connectivity index (χ4v) is 4.08. The van der Waals surface area contributed by atoms with Crippen molar-refractivity contribution < 1.29 is 23.1 Å². The molecular formula is C14H17NO5S. The number of carboxylic acid groups (broad SMARTS) is 1. The van der Waals surface area contributed by atoms with Gasteiger partial charge in [0.25, 0.3) is 0 Å². The Hall–Kier alpha value is -1.73. The highest BCUT2D eigenvalue weighted by atomic mass is 32.2. The Balaban J connectivity index is 2.31. The van der Waals surface area contributed by atoms with Crippen molar-refractivity contribution >= 4 is 21.8 Å². The number of sulfonamides is 1. The number of Topliss-reactive ketones (excluding diaryl/α,β-unsaturated/α-hetero) is 1. The minimum Gasteiger partial charge on any atom is -0.480 e. The second-order valence-electron chi connectivity index (χ2n) is 4.91. The lowest BCUT2D eigenvalue weighted by atomic mass is 10.1. The number of benzene rings is 1. The smallest absolute Gasteiger partial charge is 0.322 e. The van der Waals surface area contributed by atoms with Crippen LogP contribution in [-0.2, 0) is 14.8 Å². The zero-order chi connectivity index (χ0) is 15.6. The van der Waals surface area contributed by atoms with E-state index in [-0.39, 0.29) is 17.2 Å². The molecule has 1 aromatic rings. The molecule has 0 bridgehead atoms. The number of nitrogens with zero attached hydrogens (tertiary/aromatic N) is 1. The molecule has 1 atom stereocenters. The van der Waals surface area contributed by atoms with E-state index in [0.717, 1.165) is 4.31 Å². The predicted octanol–water partition coefficient (Wildman–Crippen LogP) is 1.52. The summed E-state index contributed by atoms with van der Waals surface area (Å²) in [5, 5.41) is 9.09. The summed E-state index contributed by atoms with van der Waals surface area (Å²) in [7, 11) is -3.84. The number of carbonyl (C=O) groups excluding carboxylic acids is 1. The number of hydrogen-bond donors (Lipinski definition) is 1. The van der Waals surface area contributed by atoms with Gasteiger partial charge in [0.05, 0.1) is 4.90 Å². The van der Waals surface area contributed by atoms with Crippen LogP contribution in [0.15, 0.2) is 29.2 Å². The van der Waals surface area contributed by atoms with Crippen LogP contribution in [0, 0.1) is 0 Å². The molecule has 1 N–H and O–H groups in total. The molecule has 0 aliphatic carbocycles. The molecule has 0 amide bonds. The van der Waals surface area contributed by atoms with E-state index in [1.54, 1.807) is 6.92 Å². The molecule has 1 saturated heterocycles. The maximum absolute atomic E-state index is 12.5. The second-order valence-corrected chi connectivity index (χ2v) is 6.80. The van der Waals surface area contributed by atoms with Crippen LogP contribution in [0.5, 0.6) is 0 Å². The molecule has 21 heavy (non-hydrogen) atoms. The third kappa shape index (κ3) is 2.98. The number of carbonyl (C=O) groups is 2. The van der Waals surface area contributed by atoms with Crippen LogP contribution in [0.4, 0.5) is 0 Å². The molecular weight excluding hydrogens is 294 g/mol. The van der Waals surface area contributed by atoms with Crippen molar-refractivity contribution in [2.75, 3.05) is 6.54 Å². The van der Waals surface area contributed by atoms with Crippen molar-refractivity contribution in [2.24, 2.45) is 0 Å². The number of hydrogen-bond acceptors (Lipinski definition) is 4. The maximum Gasteiger partial charge on any atom is 0.322 e. The number of ketones is 1. The van der Waals surface area contributed by atoms with E-state index in [2.05, 4.69) is 0 Å². The van der Waals surface area contributed by atoms with Crippen LogP contribution in [0.3, 0.4) is 0 Å². The molecule has 0 spiro atoms. The Labute approximate surface area is 123 Å². The van der Waals surface area contributed by atoms with Gasteiger partial charge in [-0.05, 0) is 25.0 Å². The summed E-state index contributed by atoms with van der Waals surface area (Å²) >= 11 is 0. The molecule has 1 aliphatic heterocycles. The SMILES string of the molecule is CCC(=O)c1ccc(S(=O)(=O)N2CCCC2C(=O)O)cc1. The standard InChI is InChI=1S/C14H17NO5S/c1-2-13(16)10-5-7-11(8-6-10)21(19,20)15-9-3-4-12(15)14(17)18/h5-8,12H,2-4,9H2,1H3,(H,17,18). The minimum atomic E-state index is -3.84. The van der Waals surface area contributed by atoms with Gasteiger partial charge in [0.2, 0.25) is 10.0 Å². The van der Waals surface area contributed by atoms with E-state index in [1.165, 1.54) is 24.3 Å². The van der Waals surface area contributed by atoms with E-state index in [4.69, 9.17) is 5.11 Å². The molecule has 1 aliphatic rings. The summed E-state index contributed by atoms with van der Waals surface area (Å²) in [6.45, 7) is 1.93. The van der Waals surface area contributed by atoms with E-state index in [9.17, 15) is 18.0 Å². The molecule has 7 heteroatoms. The Bertz CT molecular complexity index is 650. The van der Waals surface area contributed by atoms with Gasteiger partial charge in [-0.25, -0.2) is 8.42 Å². The molecule has 114 valence electrons. The summed E-state index contributed by atoms with van der Waals surface area (Å²) in [6.07, 6.45) is 1.20. The summed E-state index contributed by atoms with van der Waals surface area (Å²) in [5.74, 6) is -1.20. The second kappa shape index (κ2) is 5.95. The molecule has 2 rings (SSSR count). The van der Waals surface area contributed by atoms with Crippen LogP contribution in [-0.4, -0.2) is 42.2 Å². The first kappa shape index (κ1) is 15.7. The number of aliphatic carboxylic acids is 1. The summed E-state index contributed by atoms with van der Waals surface area (Å²) in [6, 6.07) is 4.63. The van der Waals surface area contributed by atoms with Crippen molar-refractivity contribution in [1.29, 1.82) is 0 Å². The highest BCUT2D eigenvalue weighted by molar-refractivity contribution is 7.89. The molecule has 1 heterocycles. The molecule has 0 radical (unpaired) electrons. The van der Waals surface area contributed by atoms with Crippen molar-refractivity contribution in [3.05, 3.63) is 29.8 Å². The zero-order valence-corrected chi connectivity index (χ0v) is 12.5. The fourth-order valence-electron chi connectivity index (χ4n) is 2.43. The van der Waals surface area contributed by atoms with Crippen LogP contribution < -0.4 is 0 Å². The van der Waals surface area contributed by atoms with E-state index in [1.807, 2.05) is 0 Å². The fraction of sp³-hybridized carbons (Fsp3) is 0.429. The van der Waals surface area contributed by atoms with Crippen molar-refractivity contribution in [3.63, 3.8) is 0 Å². The number of rotatable bonds is 5. The van der Waals surface area contributed by atoms with Gasteiger partial charge in [0.15, 0.2) is 5.78 Å². The minimum absolute atomic E-state index is 0.0169. The topological polar surface area (TPSA) is 91.8 Å². The molecule has 1 fully saturated rings. The molecule has 1 unspecified atom stereocenters. The molecule has 1 aromatic carbocycles. The van der Waals surface area contributed by atoms with Crippen molar-refractivity contribution in [1.82, 2.24) is 4.31 Å². The van der Waals surface area contributed by atoms with E-state index < -0.39 is 22.0 Å². The highest BCUT2D eigenvalue weighted by Gasteiger charge is 2.39. The third-order valence-electron chi connectivity index (χ3n) is 3.59. The average Bonchev–Trinajstić information content (AvgIpc) is 2.97. The summed E-state index contributed by atoms with van der Waals surface area (Å²) in [4.78, 5) is 22.7. The van der Waals surface area contributed by atoms with Gasteiger partial charge in [0.1, 0.15) is 6.04 Å². The van der Waals surface area contributed by atoms with Gasteiger partial charge in [-0.2, -0.15) is 4.31 Å². The van der Waals surface area contributed by atoms with Crippen LogP contribution in [0.25, 0.3) is 0 Å². The first-order valence-electron chi connectivity index (χ1n) is 6.76. The molecule has 0 aromatic heterocycles. The molecule has 0 saturated carbocycles. The van der Waals surface area contributed by atoms with E-state index in [0.29, 0.717) is 24.8 Å². The van der Waals surface area contributed by atoms with Gasteiger partial charge in [-0.15, -0.1) is 0 Å². The normalized spacial score (nSPS) is 19.6. The quantitative estimate of drug-likeness (QED) is 0.832. The number of carboxylic acids is 1. The zero-order valence-electron chi connectivity index (χ0n) is 11.7. The monoisotopic (exact) mass is 311 g/mol. The molecule has 6 nitrogen and oxygen atoms in total. The van der Waals surface area contributed by atoms with Crippen molar-refractivity contribution in [2.45, 2.75) is 37.1 Å². The van der Waals surface area contributed by atoms with Crippen LogP contribution in [0.2, 0.25) is 0 Å². The average molecular weight is 311 g/mol. The third-order valence-corrected chi connectivity index (χ3v) is 5.52. The van der Waals surface area contributed by atoms with E-state index >= 15 is 0 Å². The predicted molar refractivity (Wildman–Crippen MR) is 75.6 cm³/mol. The first-order chi connectivity index (χ1) is 9.87. The lowest BCUT2D eigenvalue weighted by Gasteiger charge is -2.21. The Morgan fingerprint density at radius 3 is 2.43 bits per heavy atom. The summed E-state index contributed by atoms with van der Waals surface area (Å²) in [5.41, 5.74) is 0.452. The Morgan fingerprint density at radius 2 is 1.90 bits per heavy atom. The first-order valence-corrected chi connectivity index (χ1v) is 8.20. The largest absolute Gasteiger partial charge is 0.480 e. The Morgan fingerprint density at radius 1 is 1.29 bits per heavy atom. The highest BCUT2D eigenvalue weighted by Crippen LogP contribution is 2.26. The van der Waals surface area contributed by atoms with Crippen LogP contribution >= 0.6 is 0 Å². The van der Waals surface area contributed by atoms with Gasteiger partial charge in [0, 0.05) is 18.5 Å². The maximum atomic E-state index is 12.5. The lowest BCUT2D eigenvalue weighted by molar-refractivity contribution is -0.140. The van der Waals surface area contributed by atoms with Crippen molar-refractivity contribution in [3.8, 4) is 0 Å².